The molecular formula is C43H38IrN2O-2. The van der Waals surface area contributed by atoms with E-state index in [9.17, 15) is 0 Å². The number of aromatic nitrogens is 2. The third-order valence-electron chi connectivity index (χ3n) is 9.10. The fraction of sp³-hybridized carbons (Fsp3) is 0.209. The van der Waals surface area contributed by atoms with Crippen molar-refractivity contribution in [3.63, 3.8) is 0 Å². The van der Waals surface area contributed by atoms with Gasteiger partial charge in [0.25, 0.3) is 0 Å². The van der Waals surface area contributed by atoms with Gasteiger partial charge in [-0.3, -0.25) is 0 Å². The van der Waals surface area contributed by atoms with Gasteiger partial charge in [-0.25, -0.2) is 0 Å². The first kappa shape index (κ1) is 32.6. The van der Waals surface area contributed by atoms with Crippen LogP contribution in [0.15, 0.2) is 126 Å². The van der Waals surface area contributed by atoms with Crippen molar-refractivity contribution in [3.8, 4) is 22.5 Å². The zero-order chi connectivity index (χ0) is 31.1. The summed E-state index contributed by atoms with van der Waals surface area (Å²) in [5.74, 6) is 0.873. The quantitative estimate of drug-likeness (QED) is 0.158. The molecule has 0 amide bonds. The van der Waals surface area contributed by atoms with Crippen LogP contribution in [0.2, 0.25) is 0 Å². The molecule has 3 aromatic heterocycles. The molecule has 0 atom stereocenters. The average molecular weight is 791 g/mol. The van der Waals surface area contributed by atoms with Gasteiger partial charge in [-0.15, -0.1) is 54.1 Å². The minimum absolute atomic E-state index is 0. The molecule has 47 heavy (non-hydrogen) atoms. The van der Waals surface area contributed by atoms with E-state index >= 15 is 0 Å². The normalized spacial score (nSPS) is 13.1. The molecular weight excluding hydrogens is 753 g/mol. The Balaban J connectivity index is 0.000000167. The van der Waals surface area contributed by atoms with Crippen molar-refractivity contribution in [2.75, 3.05) is 0 Å². The molecule has 0 saturated heterocycles. The molecule has 7 aromatic rings. The van der Waals surface area contributed by atoms with Gasteiger partial charge in [0.1, 0.15) is 5.58 Å². The summed E-state index contributed by atoms with van der Waals surface area (Å²) < 4.78 is 6.12. The zero-order valence-electron chi connectivity index (χ0n) is 26.7. The van der Waals surface area contributed by atoms with E-state index < -0.39 is 0 Å². The van der Waals surface area contributed by atoms with Gasteiger partial charge in [-0.05, 0) is 65.9 Å². The number of benzene rings is 4. The molecule has 4 aromatic carbocycles. The standard InChI is InChI=1S/C24H16NO.C19H22N.Ir/c1-2-7-17(8-3-1)15-18-13-14-25-22(16-18)21-11-6-10-20-19-9-4-5-12-23(19)26-24(20)21;1-15-14-20-19(17-10-6-3-7-11-17)13-18(15)12-16-8-4-2-5-9-16;/h1-10,12-14,16H,15H2;3,6-7,10,13-14,16H,2,4-5,8-9,12H2,1H3;/q2*-1;. The number of fused-ring (bicyclic) bond motifs is 3. The minimum Gasteiger partial charge on any atom is -0.501 e. The zero-order valence-corrected chi connectivity index (χ0v) is 29.1. The van der Waals surface area contributed by atoms with Gasteiger partial charge in [0.15, 0.2) is 0 Å². The van der Waals surface area contributed by atoms with Crippen LogP contribution in [0.1, 0.15) is 54.4 Å². The molecule has 1 aliphatic carbocycles. The Hall–Kier alpha value is -4.37. The number of rotatable bonds is 6. The van der Waals surface area contributed by atoms with E-state index in [1.165, 1.54) is 60.8 Å². The molecule has 3 heterocycles. The largest absolute Gasteiger partial charge is 0.501 e. The van der Waals surface area contributed by atoms with E-state index in [0.29, 0.717) is 0 Å². The van der Waals surface area contributed by atoms with Crippen molar-refractivity contribution in [2.24, 2.45) is 5.92 Å². The van der Waals surface area contributed by atoms with E-state index in [0.717, 1.165) is 56.8 Å². The van der Waals surface area contributed by atoms with Crippen LogP contribution < -0.4 is 0 Å². The van der Waals surface area contributed by atoms with Crippen molar-refractivity contribution < 1.29 is 24.5 Å². The van der Waals surface area contributed by atoms with Crippen molar-refractivity contribution in [3.05, 3.63) is 156 Å². The number of hydrogen-bond acceptors (Lipinski definition) is 3. The van der Waals surface area contributed by atoms with Crippen LogP contribution in [0, 0.1) is 25.0 Å². The Morgan fingerprint density at radius 1 is 0.723 bits per heavy atom. The molecule has 0 bridgehead atoms. The smallest absolute Gasteiger partial charge is 0.120 e. The summed E-state index contributed by atoms with van der Waals surface area (Å²) in [5.41, 5.74) is 11.0. The Kier molecular flexibility index (Phi) is 10.7. The van der Waals surface area contributed by atoms with E-state index in [1.807, 2.05) is 60.9 Å². The second-order valence-corrected chi connectivity index (χ2v) is 12.4. The molecule has 1 aliphatic rings. The van der Waals surface area contributed by atoms with E-state index in [4.69, 9.17) is 4.42 Å². The van der Waals surface area contributed by atoms with E-state index in [-0.39, 0.29) is 20.1 Å². The van der Waals surface area contributed by atoms with Crippen LogP contribution in [0.4, 0.5) is 0 Å². The number of pyridine rings is 2. The van der Waals surface area contributed by atoms with Gasteiger partial charge in [0.05, 0.1) is 5.58 Å². The Morgan fingerprint density at radius 2 is 1.53 bits per heavy atom. The predicted octanol–water partition coefficient (Wildman–Crippen LogP) is 11.0. The Bertz CT molecular complexity index is 2050. The summed E-state index contributed by atoms with van der Waals surface area (Å²) in [7, 11) is 0. The van der Waals surface area contributed by atoms with Crippen molar-refractivity contribution in [1.29, 1.82) is 0 Å². The van der Waals surface area contributed by atoms with Crippen LogP contribution in [-0.4, -0.2) is 9.97 Å². The first-order chi connectivity index (χ1) is 22.7. The van der Waals surface area contributed by atoms with Gasteiger partial charge in [-0.2, -0.15) is 0 Å². The van der Waals surface area contributed by atoms with Gasteiger partial charge in [-0.1, -0.05) is 109 Å². The van der Waals surface area contributed by atoms with Crippen LogP contribution in [-0.2, 0) is 32.9 Å². The van der Waals surface area contributed by atoms with Crippen molar-refractivity contribution in [2.45, 2.75) is 51.9 Å². The Labute approximate surface area is 291 Å². The van der Waals surface area contributed by atoms with Crippen LogP contribution in [0.25, 0.3) is 44.5 Å². The summed E-state index contributed by atoms with van der Waals surface area (Å²) in [6.07, 6.45) is 13.0. The molecule has 237 valence electrons. The van der Waals surface area contributed by atoms with Gasteiger partial charge in [0, 0.05) is 37.9 Å². The predicted molar refractivity (Wildman–Crippen MR) is 189 cm³/mol. The molecule has 4 heteroatoms. The number of aryl methyl sites for hydroxylation is 1. The topological polar surface area (TPSA) is 38.9 Å². The van der Waals surface area contributed by atoms with E-state index in [1.54, 1.807) is 0 Å². The number of para-hydroxylation sites is 1. The third kappa shape index (κ3) is 7.79. The fourth-order valence-corrected chi connectivity index (χ4v) is 6.62. The van der Waals surface area contributed by atoms with Gasteiger partial charge in [0.2, 0.25) is 0 Å². The minimum atomic E-state index is 0. The molecule has 0 aliphatic heterocycles. The summed E-state index contributed by atoms with van der Waals surface area (Å²) in [5, 5.41) is 2.22. The maximum Gasteiger partial charge on any atom is 0.120 e. The molecule has 0 spiro atoms. The second kappa shape index (κ2) is 15.5. The number of hydrogen-bond donors (Lipinski definition) is 0. The van der Waals surface area contributed by atoms with Crippen LogP contribution in [0.5, 0.6) is 0 Å². The molecule has 1 radical (unpaired) electrons. The molecule has 3 nitrogen and oxygen atoms in total. The summed E-state index contributed by atoms with van der Waals surface area (Å²) in [6, 6.07) is 43.7. The van der Waals surface area contributed by atoms with Gasteiger partial charge >= 0.3 is 0 Å². The molecule has 1 saturated carbocycles. The molecule has 0 N–H and O–H groups in total. The molecule has 8 rings (SSSR count). The van der Waals surface area contributed by atoms with Crippen molar-refractivity contribution in [1.82, 2.24) is 9.97 Å². The van der Waals surface area contributed by atoms with Crippen molar-refractivity contribution >= 4 is 21.9 Å². The van der Waals surface area contributed by atoms with Crippen LogP contribution >= 0.6 is 0 Å². The first-order valence-electron chi connectivity index (χ1n) is 16.4. The summed E-state index contributed by atoms with van der Waals surface area (Å²) in [4.78, 5) is 9.15. The summed E-state index contributed by atoms with van der Waals surface area (Å²) >= 11 is 0. The molecule has 0 unspecified atom stereocenters. The van der Waals surface area contributed by atoms with Gasteiger partial charge < -0.3 is 14.4 Å². The third-order valence-corrected chi connectivity index (χ3v) is 9.10. The monoisotopic (exact) mass is 791 g/mol. The second-order valence-electron chi connectivity index (χ2n) is 12.4. The SMILES string of the molecule is Cc1cnc(-c2[c-]cccc2)cc1CC1CCCCC1.[Ir].[c-]1ccc2c(oc3ccccc32)c1-c1cc(Cc2ccccc2)ccn1. The maximum atomic E-state index is 6.12. The summed E-state index contributed by atoms with van der Waals surface area (Å²) in [6.45, 7) is 2.18. The van der Waals surface area contributed by atoms with Crippen LogP contribution in [0.3, 0.4) is 0 Å². The Morgan fingerprint density at radius 3 is 2.36 bits per heavy atom. The molecule has 1 fully saturated rings. The maximum absolute atomic E-state index is 6.12. The fourth-order valence-electron chi connectivity index (χ4n) is 6.62. The first-order valence-corrected chi connectivity index (χ1v) is 16.4. The average Bonchev–Trinajstić information content (AvgIpc) is 3.50. The number of furan rings is 1. The van der Waals surface area contributed by atoms with E-state index in [2.05, 4.69) is 89.7 Å². The number of nitrogens with zero attached hydrogens (tertiary/aromatic N) is 2.